The lowest BCUT2D eigenvalue weighted by atomic mass is 10.2. The average Bonchev–Trinajstić information content (AvgIpc) is 3.39. The molecule has 1 aromatic heterocycles. The first kappa shape index (κ1) is 21.6. The van der Waals surface area contributed by atoms with Crippen LogP contribution in [0.4, 0.5) is 0 Å². The number of morpholine rings is 1. The second-order valence-electron chi connectivity index (χ2n) is 8.25. The van der Waals surface area contributed by atoms with Gasteiger partial charge in [0.15, 0.2) is 5.96 Å². The minimum atomic E-state index is 0.220. The first-order valence-corrected chi connectivity index (χ1v) is 11.6. The minimum absolute atomic E-state index is 0.220. The standard InChI is InChI=1S/C21H37N5OS/c1-17(2)15-25-10-11-27-18(16-25)13-23-21(22-3)24-14-19(20-7-6-12-28-20)26-8-4-5-9-26/h6-7,12,17-19H,4-5,8-11,13-16H2,1-3H3,(H2,22,23,24). The van der Waals surface area contributed by atoms with E-state index in [4.69, 9.17) is 4.74 Å². The molecule has 0 aromatic carbocycles. The second kappa shape index (κ2) is 11.1. The molecule has 3 rings (SSSR count). The highest BCUT2D eigenvalue weighted by atomic mass is 32.1. The Balaban J connectivity index is 1.47. The number of nitrogens with zero attached hydrogens (tertiary/aromatic N) is 3. The topological polar surface area (TPSA) is 52.1 Å². The van der Waals surface area contributed by atoms with Gasteiger partial charge in [-0.2, -0.15) is 0 Å². The molecule has 2 saturated heterocycles. The zero-order valence-corrected chi connectivity index (χ0v) is 18.5. The Hall–Kier alpha value is -1.15. The first-order chi connectivity index (χ1) is 13.7. The van der Waals surface area contributed by atoms with Crippen molar-refractivity contribution >= 4 is 17.3 Å². The van der Waals surface area contributed by atoms with Crippen LogP contribution in [0.3, 0.4) is 0 Å². The van der Waals surface area contributed by atoms with Gasteiger partial charge in [0.1, 0.15) is 0 Å². The number of ether oxygens (including phenoxy) is 1. The fraction of sp³-hybridized carbons (Fsp3) is 0.762. The predicted molar refractivity (Wildman–Crippen MR) is 118 cm³/mol. The first-order valence-electron chi connectivity index (χ1n) is 10.7. The van der Waals surface area contributed by atoms with Gasteiger partial charge in [0, 0.05) is 44.6 Å². The van der Waals surface area contributed by atoms with Crippen LogP contribution < -0.4 is 10.6 Å². The highest BCUT2D eigenvalue weighted by Crippen LogP contribution is 2.27. The van der Waals surface area contributed by atoms with Crippen LogP contribution in [0.25, 0.3) is 0 Å². The molecular weight excluding hydrogens is 370 g/mol. The summed E-state index contributed by atoms with van der Waals surface area (Å²) in [6.07, 6.45) is 2.83. The second-order valence-corrected chi connectivity index (χ2v) is 9.23. The van der Waals surface area contributed by atoms with Gasteiger partial charge in [0.2, 0.25) is 0 Å². The van der Waals surface area contributed by atoms with Crippen molar-refractivity contribution < 1.29 is 4.74 Å². The smallest absolute Gasteiger partial charge is 0.191 e. The summed E-state index contributed by atoms with van der Waals surface area (Å²) in [5.41, 5.74) is 0. The van der Waals surface area contributed by atoms with E-state index in [-0.39, 0.29) is 6.10 Å². The third kappa shape index (κ3) is 6.44. The summed E-state index contributed by atoms with van der Waals surface area (Å²) in [4.78, 5) is 11.0. The molecule has 0 amide bonds. The van der Waals surface area contributed by atoms with Gasteiger partial charge >= 0.3 is 0 Å². The lowest BCUT2D eigenvalue weighted by Crippen LogP contribution is -2.50. The number of aliphatic imine (C=N–C) groups is 1. The molecule has 28 heavy (non-hydrogen) atoms. The van der Waals surface area contributed by atoms with Crippen molar-refractivity contribution in [2.45, 2.75) is 38.8 Å². The van der Waals surface area contributed by atoms with Gasteiger partial charge in [-0.3, -0.25) is 14.8 Å². The summed E-state index contributed by atoms with van der Waals surface area (Å²) >= 11 is 1.85. The van der Waals surface area contributed by atoms with Crippen molar-refractivity contribution in [2.75, 3.05) is 59.5 Å². The monoisotopic (exact) mass is 407 g/mol. The molecule has 1 aromatic rings. The number of thiophene rings is 1. The van der Waals surface area contributed by atoms with Gasteiger partial charge in [0.05, 0.1) is 18.8 Å². The summed E-state index contributed by atoms with van der Waals surface area (Å²) in [7, 11) is 1.85. The molecular formula is C21H37N5OS. The molecule has 2 atom stereocenters. The van der Waals surface area contributed by atoms with Gasteiger partial charge in [-0.05, 0) is 43.3 Å². The van der Waals surface area contributed by atoms with Crippen LogP contribution in [0.1, 0.15) is 37.6 Å². The lowest BCUT2D eigenvalue weighted by Gasteiger charge is -2.34. The van der Waals surface area contributed by atoms with Crippen molar-refractivity contribution in [3.8, 4) is 0 Å². The maximum Gasteiger partial charge on any atom is 0.191 e. The molecule has 6 nitrogen and oxygen atoms in total. The Morgan fingerprint density at radius 1 is 1.29 bits per heavy atom. The lowest BCUT2D eigenvalue weighted by molar-refractivity contribution is -0.0284. The van der Waals surface area contributed by atoms with E-state index in [0.29, 0.717) is 12.0 Å². The Bertz CT molecular complexity index is 586. The number of nitrogens with one attached hydrogen (secondary N) is 2. The van der Waals surface area contributed by atoms with Gasteiger partial charge in [0.25, 0.3) is 0 Å². The molecule has 2 aliphatic heterocycles. The SMILES string of the molecule is CN=C(NCC1CN(CC(C)C)CCO1)NCC(c1cccs1)N1CCCC1. The van der Waals surface area contributed by atoms with Crippen molar-refractivity contribution in [1.82, 2.24) is 20.4 Å². The highest BCUT2D eigenvalue weighted by Gasteiger charge is 2.25. The molecule has 2 N–H and O–H groups in total. The van der Waals surface area contributed by atoms with Crippen molar-refractivity contribution in [1.29, 1.82) is 0 Å². The van der Waals surface area contributed by atoms with Crippen LogP contribution in [-0.2, 0) is 4.74 Å². The number of guanidine groups is 1. The van der Waals surface area contributed by atoms with Crippen LogP contribution in [0.15, 0.2) is 22.5 Å². The molecule has 2 unspecified atom stereocenters. The maximum atomic E-state index is 5.96. The number of rotatable bonds is 8. The van der Waals surface area contributed by atoms with E-state index in [1.807, 2.05) is 18.4 Å². The summed E-state index contributed by atoms with van der Waals surface area (Å²) in [6, 6.07) is 4.83. The van der Waals surface area contributed by atoms with E-state index in [9.17, 15) is 0 Å². The molecule has 0 radical (unpaired) electrons. The summed E-state index contributed by atoms with van der Waals surface area (Å²) in [5, 5.41) is 9.20. The fourth-order valence-electron chi connectivity index (χ4n) is 4.15. The van der Waals surface area contributed by atoms with E-state index in [1.165, 1.54) is 30.8 Å². The summed E-state index contributed by atoms with van der Waals surface area (Å²) < 4.78 is 5.96. The molecule has 0 spiro atoms. The molecule has 0 aliphatic carbocycles. The molecule has 0 bridgehead atoms. The van der Waals surface area contributed by atoms with Crippen LogP contribution in [0.5, 0.6) is 0 Å². The van der Waals surface area contributed by atoms with E-state index in [2.05, 4.69) is 56.8 Å². The van der Waals surface area contributed by atoms with Crippen LogP contribution in [0, 0.1) is 5.92 Å². The molecule has 0 saturated carbocycles. The van der Waals surface area contributed by atoms with E-state index < -0.39 is 0 Å². The Morgan fingerprint density at radius 3 is 2.79 bits per heavy atom. The quantitative estimate of drug-likeness (QED) is 0.512. The maximum absolute atomic E-state index is 5.96. The van der Waals surface area contributed by atoms with Gasteiger partial charge in [-0.15, -0.1) is 11.3 Å². The van der Waals surface area contributed by atoms with E-state index in [0.717, 1.165) is 45.3 Å². The number of hydrogen-bond donors (Lipinski definition) is 2. The zero-order chi connectivity index (χ0) is 19.8. The average molecular weight is 408 g/mol. The summed E-state index contributed by atoms with van der Waals surface area (Å²) in [5.74, 6) is 1.56. The van der Waals surface area contributed by atoms with Gasteiger partial charge < -0.3 is 15.4 Å². The van der Waals surface area contributed by atoms with E-state index in [1.54, 1.807) is 0 Å². The molecule has 2 aliphatic rings. The predicted octanol–water partition coefficient (Wildman–Crippen LogP) is 2.41. The van der Waals surface area contributed by atoms with Gasteiger partial charge in [-0.1, -0.05) is 19.9 Å². The highest BCUT2D eigenvalue weighted by molar-refractivity contribution is 7.10. The number of hydrogen-bond acceptors (Lipinski definition) is 5. The van der Waals surface area contributed by atoms with Crippen molar-refractivity contribution in [3.63, 3.8) is 0 Å². The normalized spacial score (nSPS) is 23.3. The Kier molecular flexibility index (Phi) is 8.58. The van der Waals surface area contributed by atoms with Gasteiger partial charge in [-0.25, -0.2) is 0 Å². The number of likely N-dealkylation sites (tertiary alicyclic amines) is 1. The fourth-order valence-corrected chi connectivity index (χ4v) is 5.02. The zero-order valence-electron chi connectivity index (χ0n) is 17.7. The Labute approximate surface area is 174 Å². The third-order valence-electron chi connectivity index (χ3n) is 5.48. The van der Waals surface area contributed by atoms with Crippen LogP contribution >= 0.6 is 11.3 Å². The van der Waals surface area contributed by atoms with E-state index >= 15 is 0 Å². The Morgan fingerprint density at radius 2 is 2.11 bits per heavy atom. The largest absolute Gasteiger partial charge is 0.374 e. The van der Waals surface area contributed by atoms with Crippen molar-refractivity contribution in [2.24, 2.45) is 10.9 Å². The summed E-state index contributed by atoms with van der Waals surface area (Å²) in [6.45, 7) is 12.6. The molecule has 7 heteroatoms. The molecule has 3 heterocycles. The molecule has 158 valence electrons. The van der Waals surface area contributed by atoms with Crippen molar-refractivity contribution in [3.05, 3.63) is 22.4 Å². The molecule has 2 fully saturated rings. The van der Waals surface area contributed by atoms with Crippen LogP contribution in [0.2, 0.25) is 0 Å². The third-order valence-corrected chi connectivity index (χ3v) is 6.46. The minimum Gasteiger partial charge on any atom is -0.374 e. The van der Waals surface area contributed by atoms with Crippen LogP contribution in [-0.4, -0.2) is 81.3 Å².